The van der Waals surface area contributed by atoms with E-state index in [4.69, 9.17) is 23.2 Å². The van der Waals surface area contributed by atoms with Gasteiger partial charge in [-0.15, -0.1) is 0 Å². The third kappa shape index (κ3) is 4.51. The topological polar surface area (TPSA) is 57.3 Å². The van der Waals surface area contributed by atoms with Crippen molar-refractivity contribution in [3.8, 4) is 0 Å². The highest BCUT2D eigenvalue weighted by atomic mass is 35.5. The van der Waals surface area contributed by atoms with Gasteiger partial charge in [-0.05, 0) is 35.9 Å². The van der Waals surface area contributed by atoms with Gasteiger partial charge < -0.3 is 15.5 Å². The molecule has 0 radical (unpaired) electrons. The van der Waals surface area contributed by atoms with Crippen molar-refractivity contribution in [1.82, 2.24) is 10.3 Å². The number of pyridine rings is 1. The van der Waals surface area contributed by atoms with E-state index in [9.17, 15) is 4.79 Å². The second-order valence-electron chi connectivity index (χ2n) is 4.85. The zero-order chi connectivity index (χ0) is 16.1. The Balaban J connectivity index is 1.92. The minimum atomic E-state index is -0.318. The van der Waals surface area contributed by atoms with E-state index < -0.39 is 0 Å². The van der Waals surface area contributed by atoms with Crippen LogP contribution in [-0.2, 0) is 6.54 Å². The molecule has 0 bridgehead atoms. The highest BCUT2D eigenvalue weighted by Crippen LogP contribution is 2.24. The third-order valence-electron chi connectivity index (χ3n) is 2.90. The smallest absolute Gasteiger partial charge is 0.319 e. The molecular formula is C15H16Cl2N4O. The molecule has 116 valence electrons. The first-order chi connectivity index (χ1) is 10.5. The van der Waals surface area contributed by atoms with E-state index in [0.717, 1.165) is 11.4 Å². The fourth-order valence-corrected chi connectivity index (χ4v) is 2.04. The fraction of sp³-hybridized carbons (Fsp3) is 0.200. The van der Waals surface area contributed by atoms with Crippen LogP contribution < -0.4 is 15.5 Å². The summed E-state index contributed by atoms with van der Waals surface area (Å²) in [5.74, 6) is 0.837. The third-order valence-corrected chi connectivity index (χ3v) is 3.64. The summed E-state index contributed by atoms with van der Waals surface area (Å²) in [5, 5.41) is 6.31. The van der Waals surface area contributed by atoms with Crippen LogP contribution in [0.1, 0.15) is 5.56 Å². The first-order valence-corrected chi connectivity index (χ1v) is 7.33. The van der Waals surface area contributed by atoms with Crippen LogP contribution in [0.15, 0.2) is 36.5 Å². The van der Waals surface area contributed by atoms with Gasteiger partial charge in [-0.3, -0.25) is 0 Å². The van der Waals surface area contributed by atoms with Gasteiger partial charge in [-0.25, -0.2) is 9.78 Å². The summed E-state index contributed by atoms with van der Waals surface area (Å²) in [5.41, 5.74) is 1.54. The summed E-state index contributed by atoms with van der Waals surface area (Å²) < 4.78 is 0. The number of carbonyl (C=O) groups excluding carboxylic acids is 1. The number of amides is 2. The average molecular weight is 339 g/mol. The summed E-state index contributed by atoms with van der Waals surface area (Å²) >= 11 is 11.7. The van der Waals surface area contributed by atoms with Gasteiger partial charge in [-0.2, -0.15) is 0 Å². The number of nitrogens with zero attached hydrogens (tertiary/aromatic N) is 2. The summed E-state index contributed by atoms with van der Waals surface area (Å²) in [4.78, 5) is 18.0. The molecule has 1 aromatic heterocycles. The molecule has 2 amide bonds. The van der Waals surface area contributed by atoms with Gasteiger partial charge in [0.05, 0.1) is 10.0 Å². The second-order valence-corrected chi connectivity index (χ2v) is 5.67. The first-order valence-electron chi connectivity index (χ1n) is 6.58. The number of benzene rings is 1. The molecule has 1 aromatic carbocycles. The Bertz CT molecular complexity index is 676. The van der Waals surface area contributed by atoms with Gasteiger partial charge in [-0.1, -0.05) is 23.2 Å². The van der Waals surface area contributed by atoms with Gasteiger partial charge in [0.25, 0.3) is 0 Å². The van der Waals surface area contributed by atoms with Crippen molar-refractivity contribution in [2.45, 2.75) is 6.54 Å². The van der Waals surface area contributed by atoms with Crippen molar-refractivity contribution >= 4 is 40.7 Å². The van der Waals surface area contributed by atoms with Crippen LogP contribution in [0.25, 0.3) is 0 Å². The van der Waals surface area contributed by atoms with Crippen molar-refractivity contribution in [1.29, 1.82) is 0 Å². The molecule has 0 fully saturated rings. The summed E-state index contributed by atoms with van der Waals surface area (Å²) in [6.45, 7) is 0.399. The molecule has 0 saturated carbocycles. The predicted octanol–water partition coefficient (Wildman–Crippen LogP) is 3.78. The number of anilines is 2. The molecule has 0 aliphatic rings. The lowest BCUT2D eigenvalue weighted by Gasteiger charge is -2.13. The molecule has 7 heteroatoms. The van der Waals surface area contributed by atoms with Gasteiger partial charge in [0.2, 0.25) is 0 Å². The Morgan fingerprint density at radius 2 is 1.95 bits per heavy atom. The van der Waals surface area contributed by atoms with Crippen LogP contribution in [0.4, 0.5) is 16.3 Å². The molecule has 0 spiro atoms. The van der Waals surface area contributed by atoms with Gasteiger partial charge in [0.1, 0.15) is 5.82 Å². The Hall–Kier alpha value is -1.98. The van der Waals surface area contributed by atoms with Crippen molar-refractivity contribution in [3.63, 3.8) is 0 Å². The maximum atomic E-state index is 11.9. The van der Waals surface area contributed by atoms with Crippen LogP contribution in [0.2, 0.25) is 10.0 Å². The molecule has 5 nitrogen and oxygen atoms in total. The molecule has 1 heterocycles. The van der Waals surface area contributed by atoms with Crippen LogP contribution in [0.3, 0.4) is 0 Å². The maximum Gasteiger partial charge on any atom is 0.319 e. The quantitative estimate of drug-likeness (QED) is 0.891. The number of aromatic nitrogens is 1. The van der Waals surface area contributed by atoms with E-state index >= 15 is 0 Å². The molecule has 0 saturated heterocycles. The molecule has 22 heavy (non-hydrogen) atoms. The van der Waals surface area contributed by atoms with Crippen LogP contribution in [-0.4, -0.2) is 25.1 Å². The normalized spacial score (nSPS) is 10.2. The number of carbonyl (C=O) groups is 1. The SMILES string of the molecule is CN(C)c1cc(CNC(=O)Nc2ccc(Cl)c(Cl)c2)ccn1. The van der Waals surface area contributed by atoms with Crippen molar-refractivity contribution in [3.05, 3.63) is 52.1 Å². The van der Waals surface area contributed by atoms with E-state index in [1.165, 1.54) is 0 Å². The molecule has 0 atom stereocenters. The molecule has 0 aliphatic carbocycles. The minimum Gasteiger partial charge on any atom is -0.363 e. The van der Waals surface area contributed by atoms with E-state index in [0.29, 0.717) is 22.3 Å². The second kappa shape index (κ2) is 7.33. The molecule has 2 N–H and O–H groups in total. The van der Waals surface area contributed by atoms with Gasteiger partial charge in [0.15, 0.2) is 0 Å². The van der Waals surface area contributed by atoms with E-state index in [1.807, 2.05) is 31.1 Å². The van der Waals surface area contributed by atoms with E-state index in [-0.39, 0.29) is 6.03 Å². The molecular weight excluding hydrogens is 323 g/mol. The maximum absolute atomic E-state index is 11.9. The lowest BCUT2D eigenvalue weighted by molar-refractivity contribution is 0.251. The van der Waals surface area contributed by atoms with E-state index in [2.05, 4.69) is 15.6 Å². The fourth-order valence-electron chi connectivity index (χ4n) is 1.75. The number of urea groups is 1. The van der Waals surface area contributed by atoms with E-state index in [1.54, 1.807) is 24.4 Å². The van der Waals surface area contributed by atoms with Crippen LogP contribution >= 0.6 is 23.2 Å². The largest absolute Gasteiger partial charge is 0.363 e. The number of halogens is 2. The van der Waals surface area contributed by atoms with Crippen LogP contribution in [0, 0.1) is 0 Å². The summed E-state index contributed by atoms with van der Waals surface area (Å²) in [7, 11) is 3.83. The van der Waals surface area contributed by atoms with Crippen molar-refractivity contribution in [2.24, 2.45) is 0 Å². The molecule has 0 aliphatic heterocycles. The van der Waals surface area contributed by atoms with Gasteiger partial charge in [0, 0.05) is 32.5 Å². The molecule has 0 unspecified atom stereocenters. The van der Waals surface area contributed by atoms with Crippen molar-refractivity contribution < 1.29 is 4.79 Å². The highest BCUT2D eigenvalue weighted by Gasteiger charge is 2.05. The number of hydrogen-bond acceptors (Lipinski definition) is 3. The van der Waals surface area contributed by atoms with Gasteiger partial charge >= 0.3 is 6.03 Å². The molecule has 2 aromatic rings. The lowest BCUT2D eigenvalue weighted by Crippen LogP contribution is -2.28. The zero-order valence-corrected chi connectivity index (χ0v) is 13.7. The predicted molar refractivity (Wildman–Crippen MR) is 90.9 cm³/mol. The Morgan fingerprint density at radius 3 is 2.64 bits per heavy atom. The summed E-state index contributed by atoms with van der Waals surface area (Å²) in [6.07, 6.45) is 1.71. The lowest BCUT2D eigenvalue weighted by atomic mass is 10.2. The monoisotopic (exact) mass is 338 g/mol. The Kier molecular flexibility index (Phi) is 5.46. The molecule has 2 rings (SSSR count). The number of hydrogen-bond donors (Lipinski definition) is 2. The highest BCUT2D eigenvalue weighted by molar-refractivity contribution is 6.42. The van der Waals surface area contributed by atoms with Crippen LogP contribution in [0.5, 0.6) is 0 Å². The summed E-state index contributed by atoms with van der Waals surface area (Å²) in [6, 6.07) is 8.36. The number of rotatable bonds is 4. The zero-order valence-electron chi connectivity index (χ0n) is 12.2. The Morgan fingerprint density at radius 1 is 1.18 bits per heavy atom. The Labute approximate surface area is 139 Å². The first kappa shape index (κ1) is 16.4. The average Bonchev–Trinajstić information content (AvgIpc) is 2.49. The standard InChI is InChI=1S/C15H16Cl2N4O/c1-21(2)14-7-10(5-6-18-14)9-19-15(22)20-11-3-4-12(16)13(17)8-11/h3-8H,9H2,1-2H3,(H2,19,20,22). The van der Waals surface area contributed by atoms with Crippen molar-refractivity contribution in [2.75, 3.05) is 24.3 Å². The number of nitrogens with one attached hydrogen (secondary N) is 2. The minimum absolute atomic E-state index is 0.318.